The van der Waals surface area contributed by atoms with Gasteiger partial charge in [-0.2, -0.15) is 0 Å². The Morgan fingerprint density at radius 1 is 0.971 bits per heavy atom. The van der Waals surface area contributed by atoms with Crippen LogP contribution in [0.2, 0.25) is 0 Å². The van der Waals surface area contributed by atoms with E-state index in [4.69, 9.17) is 9.73 Å². The van der Waals surface area contributed by atoms with Crippen LogP contribution in [0.4, 0.5) is 0 Å². The molecular formula is C31H45N3O. The summed E-state index contributed by atoms with van der Waals surface area (Å²) in [7, 11) is 1.76. The molecule has 4 nitrogen and oxygen atoms in total. The summed E-state index contributed by atoms with van der Waals surface area (Å²) in [6.07, 6.45) is 17.2. The highest BCUT2D eigenvalue weighted by atomic mass is 16.5. The summed E-state index contributed by atoms with van der Waals surface area (Å²) in [5, 5.41) is 0. The van der Waals surface area contributed by atoms with E-state index in [1.807, 2.05) is 0 Å². The van der Waals surface area contributed by atoms with Gasteiger partial charge >= 0.3 is 0 Å². The van der Waals surface area contributed by atoms with E-state index in [-0.39, 0.29) is 0 Å². The Kier molecular flexibility index (Phi) is 5.59. The number of rotatable bonds is 6. The second-order valence-electron chi connectivity index (χ2n) is 13.3. The van der Waals surface area contributed by atoms with Gasteiger partial charge in [0, 0.05) is 12.6 Å². The molecule has 35 heavy (non-hydrogen) atoms. The van der Waals surface area contributed by atoms with Crippen LogP contribution in [0.15, 0.2) is 29.3 Å². The Morgan fingerprint density at radius 3 is 2.26 bits per heavy atom. The van der Waals surface area contributed by atoms with Gasteiger partial charge < -0.3 is 14.5 Å². The molecule has 1 aromatic carbocycles. The molecule has 1 unspecified atom stereocenters. The minimum Gasteiger partial charge on any atom is -0.497 e. The number of guanidine groups is 1. The number of aliphatic imine (C=N–C) groups is 1. The van der Waals surface area contributed by atoms with E-state index in [1.165, 1.54) is 88.7 Å². The maximum Gasteiger partial charge on any atom is 0.197 e. The monoisotopic (exact) mass is 475 g/mol. The van der Waals surface area contributed by atoms with Crippen LogP contribution in [0.3, 0.4) is 0 Å². The summed E-state index contributed by atoms with van der Waals surface area (Å²) in [6, 6.07) is 10.6. The summed E-state index contributed by atoms with van der Waals surface area (Å²) >= 11 is 0. The van der Waals surface area contributed by atoms with Gasteiger partial charge in [0.2, 0.25) is 0 Å². The summed E-state index contributed by atoms with van der Waals surface area (Å²) in [6.45, 7) is 4.82. The highest BCUT2D eigenvalue weighted by Crippen LogP contribution is 2.62. The van der Waals surface area contributed by atoms with Crippen LogP contribution in [0, 0.1) is 29.1 Å². The van der Waals surface area contributed by atoms with E-state index in [0.29, 0.717) is 23.5 Å². The van der Waals surface area contributed by atoms with Crippen LogP contribution in [-0.2, 0) is 6.42 Å². The molecule has 0 radical (unpaired) electrons. The standard InChI is InChI=1S/C31H45N3O/c1-21(31-16-23-12-24(17-31)14-25(13-23)18-31)34-27(15-22-8-10-28(35-2)11-9-22)20-33-29(19-32-30(33)34)26-6-4-3-5-7-26/h8-11,21,23-27,29H,3-7,12-20H2,1-2H3/t21?,23?,24?,25?,27-,29+,31?/m0/s1. The van der Waals surface area contributed by atoms with Gasteiger partial charge in [-0.1, -0.05) is 31.4 Å². The van der Waals surface area contributed by atoms with Crippen molar-refractivity contribution in [3.8, 4) is 5.75 Å². The van der Waals surface area contributed by atoms with E-state index < -0.39 is 0 Å². The molecule has 6 fully saturated rings. The Labute approximate surface area is 212 Å². The summed E-state index contributed by atoms with van der Waals surface area (Å²) in [4.78, 5) is 11.0. The van der Waals surface area contributed by atoms with E-state index in [0.717, 1.165) is 42.4 Å². The predicted octanol–water partition coefficient (Wildman–Crippen LogP) is 6.15. The summed E-state index contributed by atoms with van der Waals surface area (Å²) in [5.74, 6) is 6.19. The molecule has 2 aliphatic heterocycles. The maximum absolute atomic E-state index is 5.44. The van der Waals surface area contributed by atoms with Crippen molar-refractivity contribution in [2.24, 2.45) is 34.1 Å². The van der Waals surface area contributed by atoms with E-state index >= 15 is 0 Å². The van der Waals surface area contributed by atoms with Gasteiger partial charge in [0.25, 0.3) is 0 Å². The molecule has 2 heterocycles. The fourth-order valence-corrected chi connectivity index (χ4v) is 10.0. The van der Waals surface area contributed by atoms with Crippen LogP contribution in [0.25, 0.3) is 0 Å². The van der Waals surface area contributed by atoms with Crippen LogP contribution in [0.1, 0.15) is 83.1 Å². The number of methoxy groups -OCH3 is 1. The smallest absolute Gasteiger partial charge is 0.197 e. The second kappa shape index (κ2) is 8.70. The average Bonchev–Trinajstić information content (AvgIpc) is 3.42. The first kappa shape index (κ1) is 22.5. The van der Waals surface area contributed by atoms with Crippen LogP contribution in [0.5, 0.6) is 5.75 Å². The predicted molar refractivity (Wildman–Crippen MR) is 142 cm³/mol. The third-order valence-electron chi connectivity index (χ3n) is 11.3. The SMILES string of the molecule is COc1ccc(C[C@H]2CN3C(=NC[C@@H]3C3CCCCC3)N2C(C)C23CC4CC(CC(C4)C2)C3)cc1. The molecule has 1 aromatic rings. The minimum atomic E-state index is 0.522. The van der Waals surface area contributed by atoms with Crippen LogP contribution < -0.4 is 4.74 Å². The van der Waals surface area contributed by atoms with Crippen molar-refractivity contribution in [1.29, 1.82) is 0 Å². The van der Waals surface area contributed by atoms with E-state index in [9.17, 15) is 0 Å². The van der Waals surface area contributed by atoms with Gasteiger partial charge in [0.15, 0.2) is 5.96 Å². The molecule has 0 aromatic heterocycles. The normalized spacial score (nSPS) is 39.1. The zero-order chi connectivity index (χ0) is 23.6. The Morgan fingerprint density at radius 2 is 1.63 bits per heavy atom. The first-order valence-corrected chi connectivity index (χ1v) is 14.8. The molecule has 0 N–H and O–H groups in total. The molecule has 4 heteroatoms. The van der Waals surface area contributed by atoms with Gasteiger partial charge in [-0.05, 0) is 111 Å². The number of hydrogen-bond donors (Lipinski definition) is 0. The van der Waals surface area contributed by atoms with Gasteiger partial charge in [0.05, 0.1) is 25.7 Å². The molecule has 4 bridgehead atoms. The van der Waals surface area contributed by atoms with Gasteiger partial charge in [0.1, 0.15) is 5.75 Å². The largest absolute Gasteiger partial charge is 0.497 e. The molecule has 0 amide bonds. The number of hydrogen-bond acceptors (Lipinski definition) is 4. The van der Waals surface area contributed by atoms with Crippen molar-refractivity contribution < 1.29 is 4.74 Å². The lowest BCUT2D eigenvalue weighted by Crippen LogP contribution is -2.58. The molecule has 0 spiro atoms. The minimum absolute atomic E-state index is 0.522. The number of nitrogens with zero attached hydrogens (tertiary/aromatic N) is 3. The number of ether oxygens (including phenoxy) is 1. The van der Waals surface area contributed by atoms with E-state index in [1.54, 1.807) is 7.11 Å². The molecule has 7 aliphatic rings. The third kappa shape index (κ3) is 3.80. The third-order valence-corrected chi connectivity index (χ3v) is 11.3. The summed E-state index contributed by atoms with van der Waals surface area (Å²) in [5.41, 5.74) is 1.96. The molecule has 8 rings (SSSR count). The highest BCUT2D eigenvalue weighted by molar-refractivity contribution is 5.85. The molecule has 3 atom stereocenters. The van der Waals surface area contributed by atoms with Crippen molar-refractivity contribution in [3.05, 3.63) is 29.8 Å². The maximum atomic E-state index is 5.44. The van der Waals surface area contributed by atoms with Gasteiger partial charge in [-0.25, -0.2) is 0 Å². The second-order valence-corrected chi connectivity index (χ2v) is 13.3. The summed E-state index contributed by atoms with van der Waals surface area (Å²) < 4.78 is 5.44. The van der Waals surface area contributed by atoms with Crippen molar-refractivity contribution >= 4 is 5.96 Å². The van der Waals surface area contributed by atoms with Crippen LogP contribution >= 0.6 is 0 Å². The molecule has 5 aliphatic carbocycles. The first-order chi connectivity index (χ1) is 17.1. The van der Waals surface area contributed by atoms with Gasteiger partial charge in [-0.15, -0.1) is 0 Å². The molecule has 1 saturated heterocycles. The quantitative estimate of drug-likeness (QED) is 0.494. The lowest BCUT2D eigenvalue weighted by molar-refractivity contribution is -0.0885. The Hall–Kier alpha value is -1.71. The van der Waals surface area contributed by atoms with Gasteiger partial charge in [-0.3, -0.25) is 4.99 Å². The number of fused-ring (bicyclic) bond motifs is 1. The topological polar surface area (TPSA) is 28.1 Å². The van der Waals surface area contributed by atoms with Crippen molar-refractivity contribution in [2.45, 2.75) is 102 Å². The fourth-order valence-electron chi connectivity index (χ4n) is 10.0. The molecule has 190 valence electrons. The number of benzene rings is 1. The zero-order valence-electron chi connectivity index (χ0n) is 22.0. The Bertz CT molecular complexity index is 913. The lowest BCUT2D eigenvalue weighted by Gasteiger charge is -2.60. The van der Waals surface area contributed by atoms with Crippen LogP contribution in [-0.4, -0.2) is 54.1 Å². The average molecular weight is 476 g/mol. The highest BCUT2D eigenvalue weighted by Gasteiger charge is 2.57. The first-order valence-electron chi connectivity index (χ1n) is 14.8. The Balaban J connectivity index is 1.18. The lowest BCUT2D eigenvalue weighted by atomic mass is 9.47. The molecular weight excluding hydrogens is 430 g/mol. The zero-order valence-corrected chi connectivity index (χ0v) is 22.0. The van der Waals surface area contributed by atoms with Crippen molar-refractivity contribution in [2.75, 3.05) is 20.2 Å². The molecule has 5 saturated carbocycles. The van der Waals surface area contributed by atoms with E-state index in [2.05, 4.69) is 41.0 Å². The fraction of sp³-hybridized carbons (Fsp3) is 0.774. The van der Waals surface area contributed by atoms with Crippen molar-refractivity contribution in [1.82, 2.24) is 9.80 Å². The van der Waals surface area contributed by atoms with Crippen molar-refractivity contribution in [3.63, 3.8) is 0 Å².